The Labute approximate surface area is 143 Å². The van der Waals surface area contributed by atoms with Crippen molar-refractivity contribution in [2.75, 3.05) is 0 Å². The van der Waals surface area contributed by atoms with Gasteiger partial charge in [0.05, 0.1) is 23.6 Å². The summed E-state index contributed by atoms with van der Waals surface area (Å²) in [5.41, 5.74) is 0. The number of hydrogen-bond donors (Lipinski definition) is 0. The van der Waals surface area contributed by atoms with Crippen LogP contribution in [0.15, 0.2) is 0 Å². The Morgan fingerprint density at radius 2 is 0.750 bits per heavy atom. The molecule has 0 aromatic carbocycles. The van der Waals surface area contributed by atoms with Crippen LogP contribution in [0.25, 0.3) is 10.6 Å². The van der Waals surface area contributed by atoms with Gasteiger partial charge < -0.3 is 29.8 Å². The van der Waals surface area contributed by atoms with E-state index in [0.717, 1.165) is 0 Å². The van der Waals surface area contributed by atoms with E-state index >= 15 is 0 Å². The van der Waals surface area contributed by atoms with Gasteiger partial charge in [-0.2, -0.15) is 0 Å². The summed E-state index contributed by atoms with van der Waals surface area (Å²) in [5.74, 6) is -1.09. The Kier molecular flexibility index (Phi) is 11.2. The molecule has 0 N–H and O–H groups in total. The van der Waals surface area contributed by atoms with Gasteiger partial charge in [-0.05, 0) is 25.7 Å². The van der Waals surface area contributed by atoms with Crippen LogP contribution in [0, 0.1) is 0 Å². The maximum absolute atomic E-state index is 10.1. The van der Waals surface area contributed by atoms with Crippen molar-refractivity contribution in [3.8, 4) is 0 Å². The molecule has 4 amide bonds. The average Bonchev–Trinajstić information content (AvgIpc) is 2.63. The molecule has 0 bridgehead atoms. The van der Waals surface area contributed by atoms with Crippen LogP contribution in [0.2, 0.25) is 0 Å². The number of carbonyl (C=O) groups excluding carboxylic acids is 4. The molecule has 2 aliphatic rings. The van der Waals surface area contributed by atoms with E-state index in [0.29, 0.717) is 25.7 Å². The molecular formula is C8H8N2O4Y2-2. The molecule has 0 spiro atoms. The van der Waals surface area contributed by atoms with Crippen LogP contribution in [0.4, 0.5) is 0 Å². The molecule has 0 saturated carbocycles. The Hall–Kier alpha value is 0.488. The van der Waals surface area contributed by atoms with Gasteiger partial charge in [-0.15, -0.1) is 0 Å². The molecule has 0 aliphatic carbocycles. The van der Waals surface area contributed by atoms with Crippen LogP contribution >= 0.6 is 0 Å². The van der Waals surface area contributed by atoms with Crippen LogP contribution in [0.3, 0.4) is 0 Å². The summed E-state index contributed by atoms with van der Waals surface area (Å²) in [7, 11) is 0. The van der Waals surface area contributed by atoms with E-state index in [2.05, 4.69) is 10.6 Å². The van der Waals surface area contributed by atoms with E-state index in [9.17, 15) is 19.2 Å². The molecule has 2 aliphatic heterocycles. The molecule has 8 heteroatoms. The van der Waals surface area contributed by atoms with E-state index in [-0.39, 0.29) is 89.0 Å². The standard InChI is InChI=1S/2C4H5NO2.2Y/c2*6-3-1-2-4(7)5-3;;/h2*1-2H2,(H,5,6,7);;/p-2. The molecule has 82 valence electrons. The van der Waals surface area contributed by atoms with Gasteiger partial charge in [0, 0.05) is 65.4 Å². The van der Waals surface area contributed by atoms with E-state index in [4.69, 9.17) is 0 Å². The summed E-state index contributed by atoms with van der Waals surface area (Å²) in [4.78, 5) is 40.3. The molecule has 2 radical (unpaired) electrons. The summed E-state index contributed by atoms with van der Waals surface area (Å²) < 4.78 is 0. The first-order valence-electron chi connectivity index (χ1n) is 4.13. The predicted molar refractivity (Wildman–Crippen MR) is 45.2 cm³/mol. The first kappa shape index (κ1) is 18.8. The van der Waals surface area contributed by atoms with Crippen molar-refractivity contribution in [3.05, 3.63) is 10.6 Å². The summed E-state index contributed by atoms with van der Waals surface area (Å²) in [5, 5.41) is 6.22. The van der Waals surface area contributed by atoms with Gasteiger partial charge in [-0.25, -0.2) is 0 Å². The largest absolute Gasteiger partial charge is 0.596 e. The van der Waals surface area contributed by atoms with E-state index in [1.165, 1.54) is 0 Å². The molecule has 6 nitrogen and oxygen atoms in total. The zero-order chi connectivity index (χ0) is 10.6. The minimum absolute atomic E-state index is 0. The van der Waals surface area contributed by atoms with Crippen molar-refractivity contribution in [2.24, 2.45) is 0 Å². The topological polar surface area (TPSA) is 96.5 Å². The zero-order valence-electron chi connectivity index (χ0n) is 8.51. The van der Waals surface area contributed by atoms with Gasteiger partial charge in [0.1, 0.15) is 0 Å². The average molecular weight is 374 g/mol. The van der Waals surface area contributed by atoms with Crippen LogP contribution in [-0.4, -0.2) is 23.6 Å². The van der Waals surface area contributed by atoms with Crippen LogP contribution < -0.4 is 0 Å². The summed E-state index contributed by atoms with van der Waals surface area (Å²) in [6.45, 7) is 0. The Morgan fingerprint density at radius 3 is 0.812 bits per heavy atom. The SMILES string of the molecule is O=C1CCC(=O)[N-]1.O=C1CCC(=O)[N-]1.[Y].[Y]. The second-order valence-electron chi connectivity index (χ2n) is 2.80. The smallest absolute Gasteiger partial charge is 0.0568 e. The third-order valence-corrected chi connectivity index (χ3v) is 1.60. The molecule has 0 aromatic rings. The maximum atomic E-state index is 10.1. The minimum Gasteiger partial charge on any atom is -0.596 e. The summed E-state index contributed by atoms with van der Waals surface area (Å²) >= 11 is 0. The van der Waals surface area contributed by atoms with Gasteiger partial charge in [-0.1, -0.05) is 0 Å². The number of rotatable bonds is 0. The van der Waals surface area contributed by atoms with Crippen molar-refractivity contribution >= 4 is 23.6 Å². The molecule has 2 saturated heterocycles. The molecule has 0 atom stereocenters. The third kappa shape index (κ3) is 7.71. The van der Waals surface area contributed by atoms with Gasteiger partial charge in [0.15, 0.2) is 0 Å². The first-order valence-corrected chi connectivity index (χ1v) is 4.13. The monoisotopic (exact) mass is 374 g/mol. The van der Waals surface area contributed by atoms with Crippen molar-refractivity contribution in [1.29, 1.82) is 0 Å². The number of carbonyl (C=O) groups is 4. The van der Waals surface area contributed by atoms with Crippen LogP contribution in [0.5, 0.6) is 0 Å². The molecule has 0 aromatic heterocycles. The second-order valence-corrected chi connectivity index (χ2v) is 2.80. The molecule has 2 heterocycles. The molecule has 2 fully saturated rings. The molecule has 0 unspecified atom stereocenters. The predicted octanol–water partition coefficient (Wildman–Crippen LogP) is 0.409. The quantitative estimate of drug-likeness (QED) is 0.574. The summed E-state index contributed by atoms with van der Waals surface area (Å²) in [6.07, 6.45) is 1.27. The number of imide groups is 2. The normalized spacial score (nSPS) is 17.5. The number of amides is 4. The Balaban J connectivity index is 0. The molecule has 16 heavy (non-hydrogen) atoms. The Morgan fingerprint density at radius 1 is 0.562 bits per heavy atom. The summed E-state index contributed by atoms with van der Waals surface area (Å²) in [6, 6.07) is 0. The number of nitrogens with zero attached hydrogens (tertiary/aromatic N) is 2. The van der Waals surface area contributed by atoms with E-state index < -0.39 is 0 Å². The first-order chi connectivity index (χ1) is 6.58. The fourth-order valence-electron chi connectivity index (χ4n) is 0.930. The van der Waals surface area contributed by atoms with Crippen LogP contribution in [-0.2, 0) is 84.6 Å². The van der Waals surface area contributed by atoms with Crippen molar-refractivity contribution < 1.29 is 84.6 Å². The number of hydrogen-bond acceptors (Lipinski definition) is 4. The van der Waals surface area contributed by atoms with Gasteiger partial charge in [0.2, 0.25) is 0 Å². The minimum atomic E-state index is -0.273. The Bertz CT molecular complexity index is 248. The third-order valence-electron chi connectivity index (χ3n) is 1.60. The van der Waals surface area contributed by atoms with E-state index in [1.54, 1.807) is 0 Å². The fraction of sp³-hybridized carbons (Fsp3) is 0.500. The van der Waals surface area contributed by atoms with Gasteiger partial charge in [0.25, 0.3) is 0 Å². The maximum Gasteiger partial charge on any atom is 0.0568 e. The van der Waals surface area contributed by atoms with E-state index in [1.807, 2.05) is 0 Å². The van der Waals surface area contributed by atoms with Crippen LogP contribution in [0.1, 0.15) is 25.7 Å². The second kappa shape index (κ2) is 9.51. The molecular weight excluding hydrogens is 366 g/mol. The van der Waals surface area contributed by atoms with Crippen molar-refractivity contribution in [2.45, 2.75) is 25.7 Å². The molecule has 2 rings (SSSR count). The van der Waals surface area contributed by atoms with Crippen molar-refractivity contribution in [3.63, 3.8) is 0 Å². The van der Waals surface area contributed by atoms with Gasteiger partial charge in [-0.3, -0.25) is 0 Å². The zero-order valence-corrected chi connectivity index (χ0v) is 14.2. The van der Waals surface area contributed by atoms with Gasteiger partial charge >= 0.3 is 0 Å². The van der Waals surface area contributed by atoms with Crippen molar-refractivity contribution in [1.82, 2.24) is 0 Å². The fourth-order valence-corrected chi connectivity index (χ4v) is 0.930.